The van der Waals surface area contributed by atoms with Gasteiger partial charge in [0, 0.05) is 4.92 Å². The molecule has 0 saturated heterocycles. The maximum absolute atomic E-state index is 11.2. The van der Waals surface area contributed by atoms with E-state index in [0.29, 0.717) is 5.76 Å². The minimum atomic E-state index is -1.39. The Morgan fingerprint density at radius 2 is 2.47 bits per heavy atom. The molecule has 0 spiro atoms. The summed E-state index contributed by atoms with van der Waals surface area (Å²) in [5, 5.41) is 10.6. The Kier molecular flexibility index (Phi) is 3.84. The van der Waals surface area contributed by atoms with Gasteiger partial charge in [-0.2, -0.15) is 0 Å². The van der Waals surface area contributed by atoms with Crippen LogP contribution >= 0.6 is 0 Å². The van der Waals surface area contributed by atoms with Gasteiger partial charge in [-0.15, -0.1) is 0 Å². The number of carbonyl (C=O) groups is 1. The van der Waals surface area contributed by atoms with Crippen molar-refractivity contribution in [2.75, 3.05) is 6.61 Å². The normalized spacial score (nSPS) is 12.1. The van der Waals surface area contributed by atoms with E-state index >= 15 is 0 Å². The molecule has 1 heterocycles. The third kappa shape index (κ3) is 3.08. The average Bonchev–Trinajstić information content (AvgIpc) is 2.66. The topological polar surface area (TPSA) is 82.6 Å². The first-order chi connectivity index (χ1) is 7.15. The van der Waals surface area contributed by atoms with Gasteiger partial charge in [0.05, 0.1) is 19.3 Å². The molecule has 0 N–H and O–H groups in total. The summed E-state index contributed by atoms with van der Waals surface area (Å²) in [6, 6.07) is 1.80. The number of nitrogens with zero attached hydrogens (tertiary/aromatic N) is 1. The Hall–Kier alpha value is -1.85. The smallest absolute Gasteiger partial charge is 0.382 e. The highest BCUT2D eigenvalue weighted by atomic mass is 16.6. The van der Waals surface area contributed by atoms with Crippen molar-refractivity contribution in [2.45, 2.75) is 19.4 Å². The van der Waals surface area contributed by atoms with Gasteiger partial charge in [-0.25, -0.2) is 4.79 Å². The molecule has 1 rings (SSSR count). The minimum absolute atomic E-state index is 0.0845. The highest BCUT2D eigenvalue weighted by molar-refractivity contribution is 5.74. The van der Waals surface area contributed by atoms with Crippen LogP contribution in [0.5, 0.6) is 0 Å². The maximum Gasteiger partial charge on any atom is 0.382 e. The molecular formula is C9H11NO5. The number of ether oxygens (including phenoxy) is 1. The van der Waals surface area contributed by atoms with Gasteiger partial charge in [-0.05, 0) is 19.1 Å². The second-order valence-electron chi connectivity index (χ2n) is 2.84. The van der Waals surface area contributed by atoms with Gasteiger partial charge in [-0.3, -0.25) is 10.1 Å². The van der Waals surface area contributed by atoms with Crippen molar-refractivity contribution in [3.05, 3.63) is 34.3 Å². The summed E-state index contributed by atoms with van der Waals surface area (Å²) in [6.07, 6.45) is 1.32. The second-order valence-corrected chi connectivity index (χ2v) is 2.84. The maximum atomic E-state index is 11.2. The van der Waals surface area contributed by atoms with Crippen molar-refractivity contribution in [1.82, 2.24) is 0 Å². The lowest BCUT2D eigenvalue weighted by Gasteiger charge is -2.06. The quantitative estimate of drug-likeness (QED) is 0.414. The number of carbonyl (C=O) groups excluding carboxylic acids is 1. The molecule has 1 unspecified atom stereocenters. The van der Waals surface area contributed by atoms with Crippen molar-refractivity contribution >= 4 is 5.97 Å². The molecule has 1 aromatic rings. The van der Waals surface area contributed by atoms with Crippen LogP contribution in [-0.4, -0.2) is 23.5 Å². The summed E-state index contributed by atoms with van der Waals surface area (Å²) in [5.74, 6) is -0.441. The number of hydrogen-bond acceptors (Lipinski definition) is 5. The second kappa shape index (κ2) is 5.14. The van der Waals surface area contributed by atoms with Crippen molar-refractivity contribution in [3.8, 4) is 0 Å². The standard InChI is InChI=1S/C9H11NO5/c1-2-14-9(11)8(10(12)13)6-7-4-3-5-15-7/h3-5,8H,2,6H2,1H3. The number of hydrogen-bond donors (Lipinski definition) is 0. The molecule has 0 aliphatic heterocycles. The summed E-state index contributed by atoms with van der Waals surface area (Å²) in [4.78, 5) is 21.1. The van der Waals surface area contributed by atoms with E-state index in [-0.39, 0.29) is 13.0 Å². The van der Waals surface area contributed by atoms with Crippen LogP contribution in [0.4, 0.5) is 0 Å². The summed E-state index contributed by atoms with van der Waals surface area (Å²) in [7, 11) is 0. The predicted molar refractivity (Wildman–Crippen MR) is 49.8 cm³/mol. The van der Waals surface area contributed by atoms with E-state index in [2.05, 4.69) is 4.74 Å². The van der Waals surface area contributed by atoms with E-state index in [1.165, 1.54) is 6.26 Å². The first-order valence-corrected chi connectivity index (χ1v) is 4.47. The largest absolute Gasteiger partial charge is 0.469 e. The number of esters is 1. The zero-order chi connectivity index (χ0) is 11.3. The van der Waals surface area contributed by atoms with Crippen LogP contribution < -0.4 is 0 Å². The molecule has 6 heteroatoms. The van der Waals surface area contributed by atoms with Crippen molar-refractivity contribution in [1.29, 1.82) is 0 Å². The first kappa shape index (κ1) is 11.2. The van der Waals surface area contributed by atoms with Gasteiger partial charge in [0.25, 0.3) is 0 Å². The minimum Gasteiger partial charge on any atom is -0.469 e. The molecule has 1 aromatic heterocycles. The SMILES string of the molecule is CCOC(=O)C(Cc1ccco1)[N+](=O)[O-]. The van der Waals surface area contributed by atoms with Crippen molar-refractivity contribution < 1.29 is 18.9 Å². The molecule has 1 atom stereocenters. The fourth-order valence-corrected chi connectivity index (χ4v) is 1.10. The number of rotatable bonds is 5. The van der Waals surface area contributed by atoms with E-state index in [4.69, 9.17) is 4.42 Å². The molecule has 0 aromatic carbocycles. The fraction of sp³-hybridized carbons (Fsp3) is 0.444. The average molecular weight is 213 g/mol. The lowest BCUT2D eigenvalue weighted by Crippen LogP contribution is -2.33. The Morgan fingerprint density at radius 3 is 2.93 bits per heavy atom. The molecule has 0 saturated carbocycles. The molecule has 0 radical (unpaired) electrons. The zero-order valence-electron chi connectivity index (χ0n) is 8.21. The van der Waals surface area contributed by atoms with Crippen LogP contribution in [0.15, 0.2) is 22.8 Å². The van der Waals surface area contributed by atoms with Gasteiger partial charge in [0.15, 0.2) is 0 Å². The summed E-state index contributed by atoms with van der Waals surface area (Å²) < 4.78 is 9.52. The van der Waals surface area contributed by atoms with Crippen LogP contribution in [0.1, 0.15) is 12.7 Å². The molecule has 0 bridgehead atoms. The van der Waals surface area contributed by atoms with Gasteiger partial charge in [0.1, 0.15) is 5.76 Å². The Bertz CT molecular complexity index is 332. The molecule has 15 heavy (non-hydrogen) atoms. The van der Waals surface area contributed by atoms with E-state index in [1.807, 2.05) is 0 Å². The summed E-state index contributed by atoms with van der Waals surface area (Å²) in [6.45, 7) is 1.73. The Labute approximate surface area is 86.0 Å². The van der Waals surface area contributed by atoms with E-state index in [0.717, 1.165) is 0 Å². The molecule has 0 aliphatic rings. The van der Waals surface area contributed by atoms with Crippen LogP contribution in [0.2, 0.25) is 0 Å². The van der Waals surface area contributed by atoms with E-state index < -0.39 is 16.9 Å². The summed E-state index contributed by atoms with van der Waals surface area (Å²) >= 11 is 0. The van der Waals surface area contributed by atoms with Crippen molar-refractivity contribution in [3.63, 3.8) is 0 Å². The van der Waals surface area contributed by atoms with E-state index in [9.17, 15) is 14.9 Å². The molecular weight excluding hydrogens is 202 g/mol. The van der Waals surface area contributed by atoms with Gasteiger partial charge < -0.3 is 9.15 Å². The van der Waals surface area contributed by atoms with Crippen LogP contribution in [0, 0.1) is 10.1 Å². The Morgan fingerprint density at radius 1 is 1.73 bits per heavy atom. The highest BCUT2D eigenvalue weighted by Gasteiger charge is 2.32. The van der Waals surface area contributed by atoms with Crippen molar-refractivity contribution in [2.24, 2.45) is 0 Å². The van der Waals surface area contributed by atoms with Gasteiger partial charge >= 0.3 is 12.0 Å². The molecule has 0 aliphatic carbocycles. The zero-order valence-corrected chi connectivity index (χ0v) is 8.21. The van der Waals surface area contributed by atoms with Crippen LogP contribution in [0.3, 0.4) is 0 Å². The molecule has 0 fully saturated rings. The third-order valence-corrected chi connectivity index (χ3v) is 1.79. The lowest BCUT2D eigenvalue weighted by atomic mass is 10.2. The Balaban J connectivity index is 2.66. The third-order valence-electron chi connectivity index (χ3n) is 1.79. The fourth-order valence-electron chi connectivity index (χ4n) is 1.10. The number of nitro groups is 1. The monoisotopic (exact) mass is 213 g/mol. The van der Waals surface area contributed by atoms with Crippen LogP contribution in [-0.2, 0) is 16.0 Å². The summed E-state index contributed by atoms with van der Waals surface area (Å²) in [5.41, 5.74) is 0. The molecule has 6 nitrogen and oxygen atoms in total. The van der Waals surface area contributed by atoms with Crippen LogP contribution in [0.25, 0.3) is 0 Å². The lowest BCUT2D eigenvalue weighted by molar-refractivity contribution is -0.510. The van der Waals surface area contributed by atoms with E-state index in [1.54, 1.807) is 19.1 Å². The first-order valence-electron chi connectivity index (χ1n) is 4.47. The molecule has 82 valence electrons. The molecule has 0 amide bonds. The highest BCUT2D eigenvalue weighted by Crippen LogP contribution is 2.07. The van der Waals surface area contributed by atoms with Gasteiger partial charge in [-0.1, -0.05) is 0 Å². The predicted octanol–water partition coefficient (Wildman–Crippen LogP) is 1.03. The van der Waals surface area contributed by atoms with Gasteiger partial charge in [0.2, 0.25) is 0 Å². The number of furan rings is 1.